The topological polar surface area (TPSA) is 321 Å². The number of unbranched alkanes of at least 4 members (excludes halogenated alkanes) is 1. The molecule has 582 valence electrons. The summed E-state index contributed by atoms with van der Waals surface area (Å²) in [5.74, 6) is -9.22. The number of nitrogens with zero attached hydrogens (tertiary/aromatic N) is 9. The highest BCUT2D eigenvalue weighted by Gasteiger charge is 2.43. The number of hydrogen-bond acceptors (Lipinski definition) is 16. The molecular formula is C76H123N13O15. The molecule has 2 aliphatic rings. The van der Waals surface area contributed by atoms with Crippen LogP contribution in [-0.4, -0.2) is 303 Å². The maximum Gasteiger partial charge on any atom is 0.248 e. The Morgan fingerprint density at radius 2 is 0.990 bits per heavy atom. The van der Waals surface area contributed by atoms with Crippen LogP contribution in [0.25, 0.3) is 0 Å². The quantitative estimate of drug-likeness (QED) is 0.0944. The molecule has 0 radical (unpaired) electrons. The zero-order valence-corrected chi connectivity index (χ0v) is 65.0. The summed E-state index contributed by atoms with van der Waals surface area (Å²) in [5, 5.41) is 22.5. The number of aliphatic hydroxyl groups excluding tert-OH is 1. The fourth-order valence-electron chi connectivity index (χ4n) is 12.6. The van der Waals surface area contributed by atoms with E-state index in [4.69, 9.17) is 9.47 Å². The Hall–Kier alpha value is -8.08. The molecule has 0 aliphatic carbocycles. The van der Waals surface area contributed by atoms with E-state index in [9.17, 15) is 29.1 Å². The van der Waals surface area contributed by atoms with Crippen molar-refractivity contribution in [3.05, 3.63) is 71.8 Å². The lowest BCUT2D eigenvalue weighted by Gasteiger charge is -2.37. The highest BCUT2D eigenvalue weighted by molar-refractivity contribution is 6.00. The summed E-state index contributed by atoms with van der Waals surface area (Å²) in [7, 11) is 11.9. The molecule has 0 spiro atoms. The first-order valence-corrected chi connectivity index (χ1v) is 37.0. The third-order valence-electron chi connectivity index (χ3n) is 19.2. The molecule has 2 aromatic rings. The second-order valence-corrected chi connectivity index (χ2v) is 29.5. The van der Waals surface area contributed by atoms with E-state index in [2.05, 4.69) is 21.3 Å². The molecule has 104 heavy (non-hydrogen) atoms. The van der Waals surface area contributed by atoms with Gasteiger partial charge in [-0.2, -0.15) is 0 Å². The minimum atomic E-state index is -1.69. The number of hydrogen-bond donors (Lipinski definition) is 5. The van der Waals surface area contributed by atoms with Gasteiger partial charge in [0.1, 0.15) is 54.4 Å². The monoisotopic (exact) mass is 1460 g/mol. The molecule has 2 heterocycles. The van der Waals surface area contributed by atoms with Crippen molar-refractivity contribution < 1.29 is 72.1 Å². The van der Waals surface area contributed by atoms with Crippen molar-refractivity contribution in [1.29, 1.82) is 0 Å². The predicted molar refractivity (Wildman–Crippen MR) is 396 cm³/mol. The van der Waals surface area contributed by atoms with Crippen LogP contribution in [0.2, 0.25) is 0 Å². The summed E-state index contributed by atoms with van der Waals surface area (Å²) < 4.78 is 12.1. The molecule has 2 saturated heterocycles. The molecule has 5 N–H and O–H groups in total. The molecule has 0 unspecified atom stereocenters. The van der Waals surface area contributed by atoms with Crippen LogP contribution in [0.4, 0.5) is 0 Å². The van der Waals surface area contributed by atoms with Crippen LogP contribution in [0.5, 0.6) is 0 Å². The third-order valence-corrected chi connectivity index (χ3v) is 19.2. The van der Waals surface area contributed by atoms with E-state index >= 15 is 33.6 Å². The van der Waals surface area contributed by atoms with Crippen molar-refractivity contribution in [3.63, 3.8) is 0 Å². The lowest BCUT2D eigenvalue weighted by molar-refractivity contribution is -0.151. The Labute approximate surface area is 617 Å². The molecule has 0 saturated carbocycles. The van der Waals surface area contributed by atoms with Gasteiger partial charge in [0.2, 0.25) is 70.9 Å². The minimum Gasteiger partial charge on any atom is -0.391 e. The second kappa shape index (κ2) is 44.0. The SMILES string of the molecule is CCCCN1CC(=O)N(C)[C@@H](Cc2ccccc2)C(=O)N[C@@H](COCCN(C)C)C(=O)N(C)[C@@H](CC(C)C)C(=O)N[C@@H]([C@@H](C)O)C(=O)N(C)CC(=O)N(C)[C@@H](Cc2ccccc2)C(=O)N(C)[C@@H](CC)C(=O)N[C@@H](COCCC(C)C)C(=O)N(C)[C@@H](CC(C)C)C(=O)N[C@H](C(=O)N2CCCCC2)CC1=O. The molecule has 0 bridgehead atoms. The van der Waals surface area contributed by atoms with Crippen molar-refractivity contribution >= 4 is 70.9 Å². The zero-order valence-electron chi connectivity index (χ0n) is 65.0. The van der Waals surface area contributed by atoms with Gasteiger partial charge >= 0.3 is 0 Å². The summed E-state index contributed by atoms with van der Waals surface area (Å²) in [6.45, 7) is 15.7. The number of likely N-dealkylation sites (tertiary alicyclic amines) is 1. The number of nitrogens with one attached hydrogen (secondary N) is 4. The maximum absolute atomic E-state index is 15.2. The molecule has 4 rings (SSSR count). The average molecular weight is 1460 g/mol. The van der Waals surface area contributed by atoms with Crippen molar-refractivity contribution in [3.8, 4) is 0 Å². The number of piperidine rings is 1. The van der Waals surface area contributed by atoms with Gasteiger partial charge in [0, 0.05) is 87.9 Å². The van der Waals surface area contributed by atoms with Crippen molar-refractivity contribution in [2.24, 2.45) is 17.8 Å². The van der Waals surface area contributed by atoms with Crippen LogP contribution < -0.4 is 21.3 Å². The molecule has 2 aromatic carbocycles. The Morgan fingerprint density at radius 1 is 0.529 bits per heavy atom. The predicted octanol–water partition coefficient (Wildman–Crippen LogP) is 2.57. The fraction of sp³-hybridized carbons (Fsp3) is 0.684. The van der Waals surface area contributed by atoms with E-state index < -0.39 is 157 Å². The second-order valence-electron chi connectivity index (χ2n) is 29.5. The smallest absolute Gasteiger partial charge is 0.248 e. The van der Waals surface area contributed by atoms with Crippen LogP contribution >= 0.6 is 0 Å². The lowest BCUT2D eigenvalue weighted by Crippen LogP contribution is -2.62. The van der Waals surface area contributed by atoms with Crippen molar-refractivity contribution in [2.45, 2.75) is 200 Å². The lowest BCUT2D eigenvalue weighted by atomic mass is 9.99. The Kier molecular flexibility index (Phi) is 37.4. The standard InChI is InChI=1S/C76H123N13O15/c1-18-20-35-89-47-66(93)83(13)62(43-54-30-24-21-25-31-54)70(96)79-58(49-104-40-38-81(10)11)73(99)87(17)61(42-52(7)8)71(97)80-67(53(9)90)76(102)82(12)46-65(92)84(14)63(44-55-32-26-22-27-33-55)75(101)85(15)59(19-2)68(94)78-57(48-103-39-34-50(3)4)72(98)86(16)60(41-51(5)6)69(95)77-56(45-64(89)91)74(100)88-36-28-23-29-37-88/h21-22,24-27,30-33,50-53,56-63,67,90H,18-20,23,28-29,34-49H2,1-17H3,(H,77,95)(H,78,94)(H,79,96)(H,80,97)/t53-,56+,57+,58+,59+,60+,61+,62+,63+,67+/m1/s1. The van der Waals surface area contributed by atoms with Crippen molar-refractivity contribution in [1.82, 2.24) is 65.4 Å². The number of carbonyl (C=O) groups is 12. The van der Waals surface area contributed by atoms with E-state index in [1.807, 2.05) is 67.5 Å². The van der Waals surface area contributed by atoms with Crippen molar-refractivity contribution in [2.75, 3.05) is 122 Å². The number of ether oxygens (including phenoxy) is 2. The van der Waals surface area contributed by atoms with Crippen LogP contribution in [-0.2, 0) is 79.8 Å². The fourth-order valence-corrected chi connectivity index (χ4v) is 12.6. The largest absolute Gasteiger partial charge is 0.391 e. The first-order chi connectivity index (χ1) is 49.1. The molecule has 10 atom stereocenters. The first-order valence-electron chi connectivity index (χ1n) is 37.0. The zero-order chi connectivity index (χ0) is 77.7. The van der Waals surface area contributed by atoms with Crippen LogP contribution in [0.3, 0.4) is 0 Å². The van der Waals surface area contributed by atoms with Gasteiger partial charge in [-0.05, 0) is 101 Å². The molecule has 2 aliphatic heterocycles. The van der Waals surface area contributed by atoms with E-state index in [-0.39, 0.29) is 76.2 Å². The summed E-state index contributed by atoms with van der Waals surface area (Å²) in [6, 6.07) is 5.02. The summed E-state index contributed by atoms with van der Waals surface area (Å²) in [4.78, 5) is 192. The maximum atomic E-state index is 15.2. The van der Waals surface area contributed by atoms with Gasteiger partial charge in [-0.1, -0.05) is 122 Å². The first kappa shape index (κ1) is 88.3. The van der Waals surface area contributed by atoms with E-state index in [0.29, 0.717) is 62.9 Å². The highest BCUT2D eigenvalue weighted by Crippen LogP contribution is 2.22. The number of aliphatic hydroxyl groups is 1. The van der Waals surface area contributed by atoms with Gasteiger partial charge in [-0.25, -0.2) is 0 Å². The number of carbonyl (C=O) groups excluding carboxylic acids is 12. The number of benzene rings is 2. The van der Waals surface area contributed by atoms with Gasteiger partial charge < -0.3 is 79.9 Å². The van der Waals surface area contributed by atoms with E-state index in [1.165, 1.54) is 68.8 Å². The summed E-state index contributed by atoms with van der Waals surface area (Å²) in [5.41, 5.74) is 1.28. The van der Waals surface area contributed by atoms with E-state index in [0.717, 1.165) is 21.1 Å². The van der Waals surface area contributed by atoms with Gasteiger partial charge in [-0.15, -0.1) is 0 Å². The summed E-state index contributed by atoms with van der Waals surface area (Å²) >= 11 is 0. The minimum absolute atomic E-state index is 0.0159. The molecule has 28 heteroatoms. The molecule has 0 aromatic heterocycles. The van der Waals surface area contributed by atoms with Crippen LogP contribution in [0, 0.1) is 17.8 Å². The molecular weight excluding hydrogens is 1330 g/mol. The third kappa shape index (κ3) is 27.4. The molecule has 28 nitrogen and oxygen atoms in total. The number of amides is 12. The molecule has 12 amide bonds. The summed E-state index contributed by atoms with van der Waals surface area (Å²) in [6.07, 6.45) is 1.60. The van der Waals surface area contributed by atoms with Gasteiger partial charge in [0.25, 0.3) is 0 Å². The Bertz CT molecular complexity index is 3120. The van der Waals surface area contributed by atoms with Crippen LogP contribution in [0.15, 0.2) is 60.7 Å². The normalized spacial score (nSPS) is 23.8. The van der Waals surface area contributed by atoms with Gasteiger partial charge in [-0.3, -0.25) is 57.5 Å². The highest BCUT2D eigenvalue weighted by atomic mass is 16.5. The van der Waals surface area contributed by atoms with Gasteiger partial charge in [0.05, 0.1) is 45.4 Å². The Balaban J connectivity index is 1.99. The van der Waals surface area contributed by atoms with Crippen LogP contribution in [0.1, 0.15) is 138 Å². The Morgan fingerprint density at radius 3 is 1.47 bits per heavy atom. The van der Waals surface area contributed by atoms with E-state index in [1.54, 1.807) is 72.5 Å². The van der Waals surface area contributed by atoms with Gasteiger partial charge in [0.15, 0.2) is 0 Å². The average Bonchev–Trinajstić information content (AvgIpc) is 0.827. The number of likely N-dealkylation sites (N-methyl/N-ethyl adjacent to an activating group) is 7. The number of rotatable bonds is 24. The molecule has 2 fully saturated rings.